The van der Waals surface area contributed by atoms with Crippen LogP contribution < -0.4 is 4.90 Å². The molecule has 0 bridgehead atoms. The number of hydrogen-bond donors (Lipinski definition) is 0. The van der Waals surface area contributed by atoms with Crippen molar-refractivity contribution in [1.82, 2.24) is 0 Å². The second kappa shape index (κ2) is 15.0. The summed E-state index contributed by atoms with van der Waals surface area (Å²) in [6.07, 6.45) is 0. The average Bonchev–Trinajstić information content (AvgIpc) is 3.97. The Balaban J connectivity index is 1.02. The maximum atomic E-state index is 6.92. The highest BCUT2D eigenvalue weighted by molar-refractivity contribution is 6.21. The van der Waals surface area contributed by atoms with E-state index >= 15 is 0 Å². The third-order valence-corrected chi connectivity index (χ3v) is 13.1. The Morgan fingerprint density at radius 2 is 0.785 bits per heavy atom. The van der Waals surface area contributed by atoms with Crippen molar-refractivity contribution in [1.29, 1.82) is 0 Å². The van der Waals surface area contributed by atoms with Gasteiger partial charge in [0.2, 0.25) is 0 Å². The molecule has 0 fully saturated rings. The molecule has 11 aromatic carbocycles. The Kier molecular flexibility index (Phi) is 8.53. The fourth-order valence-electron chi connectivity index (χ4n) is 10.1. The Hall–Kier alpha value is -8.66. The lowest BCUT2D eigenvalue weighted by Gasteiger charge is -2.28. The van der Waals surface area contributed by atoms with Crippen LogP contribution in [0.25, 0.3) is 110 Å². The first-order chi connectivity index (χ1) is 32.2. The van der Waals surface area contributed by atoms with E-state index in [1.165, 1.54) is 32.7 Å². The van der Waals surface area contributed by atoms with Crippen LogP contribution in [0.2, 0.25) is 0 Å². The van der Waals surface area contributed by atoms with Crippen LogP contribution >= 0.6 is 0 Å². The summed E-state index contributed by atoms with van der Waals surface area (Å²) < 4.78 is 13.6. The summed E-state index contributed by atoms with van der Waals surface area (Å²) in [5.74, 6) is 0. The quantitative estimate of drug-likeness (QED) is 0.150. The lowest BCUT2D eigenvalue weighted by molar-refractivity contribution is 0.669. The Labute approximate surface area is 375 Å². The predicted octanol–water partition coefficient (Wildman–Crippen LogP) is 17.9. The molecule has 0 aliphatic rings. The average molecular weight is 830 g/mol. The van der Waals surface area contributed by atoms with Gasteiger partial charge in [-0.25, -0.2) is 0 Å². The molecule has 0 spiro atoms. The summed E-state index contributed by atoms with van der Waals surface area (Å²) >= 11 is 0. The molecule has 65 heavy (non-hydrogen) atoms. The van der Waals surface area contributed by atoms with Crippen molar-refractivity contribution in [2.45, 2.75) is 0 Å². The lowest BCUT2D eigenvalue weighted by atomic mass is 9.95. The first-order valence-electron chi connectivity index (χ1n) is 22.2. The highest BCUT2D eigenvalue weighted by atomic mass is 16.3. The van der Waals surface area contributed by atoms with Crippen LogP contribution in [0.15, 0.2) is 245 Å². The molecule has 0 amide bonds. The molecule has 0 aliphatic carbocycles. The summed E-state index contributed by atoms with van der Waals surface area (Å²) in [5.41, 5.74) is 15.7. The van der Waals surface area contributed by atoms with Crippen molar-refractivity contribution in [3.8, 4) is 44.5 Å². The van der Waals surface area contributed by atoms with E-state index in [0.717, 1.165) is 94.3 Å². The monoisotopic (exact) mass is 829 g/mol. The third-order valence-electron chi connectivity index (χ3n) is 13.1. The second-order valence-electron chi connectivity index (χ2n) is 16.8. The Morgan fingerprint density at radius 1 is 0.262 bits per heavy atom. The van der Waals surface area contributed by atoms with Crippen LogP contribution in [0.1, 0.15) is 0 Å². The molecule has 304 valence electrons. The standard InChI is InChI=1S/C62H39NO2/c1-3-14-40(15-4-1)41-28-30-45(31-29-41)51-38-39-55(60-52-21-9-10-26-56(52)64-62(51)60)63(54-25-11-19-46-33-32-43-18-7-8-20-48(43)58(46)54)47-36-34-44(35-37-47)49-22-13-27-57-59(49)53-24-12-23-50(61(53)65-57)42-16-5-2-6-17-42/h1-39H. The van der Waals surface area contributed by atoms with E-state index in [2.05, 4.69) is 241 Å². The van der Waals surface area contributed by atoms with Crippen molar-refractivity contribution in [3.05, 3.63) is 237 Å². The number of hydrogen-bond acceptors (Lipinski definition) is 3. The molecule has 0 saturated carbocycles. The van der Waals surface area contributed by atoms with Gasteiger partial charge in [-0.3, -0.25) is 0 Å². The maximum absolute atomic E-state index is 6.92. The number of anilines is 3. The molecule has 2 aromatic heterocycles. The molecule has 0 aliphatic heterocycles. The molecule has 13 rings (SSSR count). The van der Waals surface area contributed by atoms with E-state index in [9.17, 15) is 0 Å². The van der Waals surface area contributed by atoms with Gasteiger partial charge in [-0.05, 0) is 92.0 Å². The highest BCUT2D eigenvalue weighted by Crippen LogP contribution is 2.49. The normalized spacial score (nSPS) is 11.7. The molecule has 13 aromatic rings. The van der Waals surface area contributed by atoms with Crippen molar-refractivity contribution in [3.63, 3.8) is 0 Å². The van der Waals surface area contributed by atoms with Gasteiger partial charge >= 0.3 is 0 Å². The summed E-state index contributed by atoms with van der Waals surface area (Å²) in [6, 6.07) is 84.5. The summed E-state index contributed by atoms with van der Waals surface area (Å²) in [6.45, 7) is 0. The summed E-state index contributed by atoms with van der Waals surface area (Å²) in [4.78, 5) is 2.44. The minimum Gasteiger partial charge on any atom is -0.455 e. The zero-order valence-electron chi connectivity index (χ0n) is 35.3. The molecular weight excluding hydrogens is 791 g/mol. The number of fused-ring (bicyclic) bond motifs is 9. The molecule has 0 radical (unpaired) electrons. The van der Waals surface area contributed by atoms with Crippen LogP contribution in [0, 0.1) is 0 Å². The van der Waals surface area contributed by atoms with E-state index in [-0.39, 0.29) is 0 Å². The van der Waals surface area contributed by atoms with Crippen LogP contribution in [0.5, 0.6) is 0 Å². The Bertz CT molecular complexity index is 3920. The number of nitrogens with zero attached hydrogens (tertiary/aromatic N) is 1. The summed E-state index contributed by atoms with van der Waals surface area (Å²) in [7, 11) is 0. The molecule has 3 heteroatoms. The first kappa shape index (κ1) is 36.9. The van der Waals surface area contributed by atoms with Crippen LogP contribution in [-0.4, -0.2) is 0 Å². The van der Waals surface area contributed by atoms with E-state index in [1.54, 1.807) is 0 Å². The van der Waals surface area contributed by atoms with E-state index in [0.29, 0.717) is 0 Å². The van der Waals surface area contributed by atoms with Gasteiger partial charge in [0.15, 0.2) is 0 Å². The van der Waals surface area contributed by atoms with Gasteiger partial charge in [-0.2, -0.15) is 0 Å². The maximum Gasteiger partial charge on any atom is 0.145 e. The first-order valence-corrected chi connectivity index (χ1v) is 22.2. The van der Waals surface area contributed by atoms with Gasteiger partial charge < -0.3 is 13.7 Å². The van der Waals surface area contributed by atoms with E-state index in [4.69, 9.17) is 8.83 Å². The smallest absolute Gasteiger partial charge is 0.145 e. The molecule has 0 saturated heterocycles. The van der Waals surface area contributed by atoms with Crippen LogP contribution in [-0.2, 0) is 0 Å². The number of para-hydroxylation sites is 2. The number of furan rings is 2. The third kappa shape index (κ3) is 6.05. The number of rotatable bonds is 7. The fourth-order valence-corrected chi connectivity index (χ4v) is 10.1. The highest BCUT2D eigenvalue weighted by Gasteiger charge is 2.24. The number of benzene rings is 11. The van der Waals surface area contributed by atoms with Crippen LogP contribution in [0.4, 0.5) is 17.1 Å². The predicted molar refractivity (Wildman–Crippen MR) is 272 cm³/mol. The SMILES string of the molecule is c1ccc(-c2ccc(-c3ccc(N(c4ccc(-c5cccc6oc7c(-c8ccccc8)cccc7c56)cc4)c4cccc5ccc6ccccc6c45)c4c3oc3ccccc34)cc2)cc1. The summed E-state index contributed by atoms with van der Waals surface area (Å²) in [5, 5.41) is 9.14. The second-order valence-corrected chi connectivity index (χ2v) is 16.8. The van der Waals surface area contributed by atoms with Gasteiger partial charge in [0, 0.05) is 38.4 Å². The molecular formula is C62H39NO2. The fraction of sp³-hybridized carbons (Fsp3) is 0. The van der Waals surface area contributed by atoms with Crippen molar-refractivity contribution >= 4 is 82.5 Å². The minimum absolute atomic E-state index is 0.853. The van der Waals surface area contributed by atoms with E-state index in [1.807, 2.05) is 0 Å². The molecule has 3 nitrogen and oxygen atoms in total. The molecule has 0 unspecified atom stereocenters. The van der Waals surface area contributed by atoms with Gasteiger partial charge in [-0.15, -0.1) is 0 Å². The van der Waals surface area contributed by atoms with Crippen molar-refractivity contribution in [2.24, 2.45) is 0 Å². The van der Waals surface area contributed by atoms with Crippen molar-refractivity contribution < 1.29 is 8.83 Å². The van der Waals surface area contributed by atoms with Gasteiger partial charge in [0.05, 0.1) is 16.8 Å². The molecule has 0 N–H and O–H groups in total. The minimum atomic E-state index is 0.853. The zero-order chi connectivity index (χ0) is 42.8. The topological polar surface area (TPSA) is 29.5 Å². The molecule has 2 heterocycles. The van der Waals surface area contributed by atoms with Crippen molar-refractivity contribution in [2.75, 3.05) is 4.90 Å². The van der Waals surface area contributed by atoms with Gasteiger partial charge in [0.25, 0.3) is 0 Å². The Morgan fingerprint density at radius 3 is 1.62 bits per heavy atom. The van der Waals surface area contributed by atoms with E-state index < -0.39 is 0 Å². The molecule has 0 atom stereocenters. The zero-order valence-corrected chi connectivity index (χ0v) is 35.3. The van der Waals surface area contributed by atoms with Crippen LogP contribution in [0.3, 0.4) is 0 Å². The van der Waals surface area contributed by atoms with Gasteiger partial charge in [-0.1, -0.05) is 194 Å². The lowest BCUT2D eigenvalue weighted by Crippen LogP contribution is -2.11. The van der Waals surface area contributed by atoms with Gasteiger partial charge in [0.1, 0.15) is 22.3 Å². The largest absolute Gasteiger partial charge is 0.455 e.